The molecule has 2 nitrogen and oxygen atoms in total. The van der Waals surface area contributed by atoms with E-state index in [1.165, 1.54) is 12.0 Å². The highest BCUT2D eigenvalue weighted by atomic mass is 16.5. The van der Waals surface area contributed by atoms with Crippen molar-refractivity contribution >= 4 is 0 Å². The highest BCUT2D eigenvalue weighted by Gasteiger charge is 2.35. The van der Waals surface area contributed by atoms with Gasteiger partial charge in [-0.2, -0.15) is 0 Å². The number of ether oxygens (including phenoxy) is 1. The van der Waals surface area contributed by atoms with Gasteiger partial charge in [-0.15, -0.1) is 0 Å². The molecule has 1 aromatic rings. The molecule has 88 valence electrons. The average molecular weight is 219 g/mol. The molecule has 2 N–H and O–H groups in total. The van der Waals surface area contributed by atoms with E-state index in [0.717, 1.165) is 24.5 Å². The Morgan fingerprint density at radius 2 is 2.31 bits per heavy atom. The molecule has 16 heavy (non-hydrogen) atoms. The molecule has 0 amide bonds. The van der Waals surface area contributed by atoms with Crippen LogP contribution in [0.15, 0.2) is 24.3 Å². The van der Waals surface area contributed by atoms with Crippen LogP contribution in [0.1, 0.15) is 38.7 Å². The Morgan fingerprint density at radius 1 is 1.50 bits per heavy atom. The highest BCUT2D eigenvalue weighted by molar-refractivity contribution is 5.34. The zero-order valence-corrected chi connectivity index (χ0v) is 10.2. The van der Waals surface area contributed by atoms with E-state index in [0.29, 0.717) is 6.61 Å². The second-order valence-electron chi connectivity index (χ2n) is 4.96. The summed E-state index contributed by atoms with van der Waals surface area (Å²) in [6.45, 7) is 4.99. The molecule has 0 spiro atoms. The van der Waals surface area contributed by atoms with Gasteiger partial charge in [0.05, 0.1) is 6.61 Å². The zero-order chi connectivity index (χ0) is 11.6. The van der Waals surface area contributed by atoms with E-state index in [2.05, 4.69) is 19.1 Å². The summed E-state index contributed by atoms with van der Waals surface area (Å²) >= 11 is 0. The van der Waals surface area contributed by atoms with Crippen molar-refractivity contribution in [3.05, 3.63) is 29.8 Å². The summed E-state index contributed by atoms with van der Waals surface area (Å²) < 4.78 is 5.52. The van der Waals surface area contributed by atoms with Crippen molar-refractivity contribution in [2.24, 2.45) is 11.7 Å². The minimum atomic E-state index is -0.132. The van der Waals surface area contributed by atoms with Crippen LogP contribution in [0.3, 0.4) is 0 Å². The van der Waals surface area contributed by atoms with Gasteiger partial charge in [0.15, 0.2) is 0 Å². The van der Waals surface area contributed by atoms with Gasteiger partial charge < -0.3 is 10.5 Å². The minimum Gasteiger partial charge on any atom is -0.494 e. The van der Waals surface area contributed by atoms with Crippen molar-refractivity contribution in [3.8, 4) is 5.75 Å². The summed E-state index contributed by atoms with van der Waals surface area (Å²) in [6, 6.07) is 8.26. The largest absolute Gasteiger partial charge is 0.494 e. The quantitative estimate of drug-likeness (QED) is 0.848. The van der Waals surface area contributed by atoms with Crippen LogP contribution >= 0.6 is 0 Å². The molecule has 0 bridgehead atoms. The maximum atomic E-state index is 6.48. The first-order chi connectivity index (χ1) is 7.64. The number of benzene rings is 1. The first kappa shape index (κ1) is 11.5. The molecule has 1 aliphatic carbocycles. The molecule has 2 unspecified atom stereocenters. The van der Waals surface area contributed by atoms with Crippen molar-refractivity contribution < 1.29 is 4.74 Å². The number of rotatable bonds is 3. The molecule has 1 fully saturated rings. The summed E-state index contributed by atoms with van der Waals surface area (Å²) in [5, 5.41) is 0. The van der Waals surface area contributed by atoms with Gasteiger partial charge in [-0.05, 0) is 49.8 Å². The van der Waals surface area contributed by atoms with Crippen LogP contribution in [0, 0.1) is 5.92 Å². The second kappa shape index (κ2) is 4.46. The fourth-order valence-corrected chi connectivity index (χ4v) is 2.65. The lowest BCUT2D eigenvalue weighted by Crippen LogP contribution is -2.33. The molecule has 0 radical (unpaired) electrons. The van der Waals surface area contributed by atoms with E-state index in [-0.39, 0.29) is 5.54 Å². The molecule has 0 saturated heterocycles. The monoisotopic (exact) mass is 219 g/mol. The van der Waals surface area contributed by atoms with Gasteiger partial charge in [0.1, 0.15) is 5.75 Å². The fourth-order valence-electron chi connectivity index (χ4n) is 2.65. The van der Waals surface area contributed by atoms with Crippen molar-refractivity contribution in [2.75, 3.05) is 6.61 Å². The SMILES string of the molecule is CCOc1cccc(C2(N)CCC(C)C2)c1. The van der Waals surface area contributed by atoms with Gasteiger partial charge in [0.25, 0.3) is 0 Å². The van der Waals surface area contributed by atoms with Crippen molar-refractivity contribution in [3.63, 3.8) is 0 Å². The summed E-state index contributed by atoms with van der Waals surface area (Å²) in [6.07, 6.45) is 3.40. The normalized spacial score (nSPS) is 29.3. The molecule has 1 aliphatic rings. The van der Waals surface area contributed by atoms with Crippen molar-refractivity contribution in [1.82, 2.24) is 0 Å². The van der Waals surface area contributed by atoms with E-state index in [1.54, 1.807) is 0 Å². The molecule has 2 heteroatoms. The number of hydrogen-bond donors (Lipinski definition) is 1. The van der Waals surface area contributed by atoms with Crippen LogP contribution < -0.4 is 10.5 Å². The van der Waals surface area contributed by atoms with E-state index in [4.69, 9.17) is 10.5 Å². The Kier molecular flexibility index (Phi) is 3.20. The van der Waals surface area contributed by atoms with Crippen LogP contribution in [0.2, 0.25) is 0 Å². The van der Waals surface area contributed by atoms with Gasteiger partial charge in [-0.25, -0.2) is 0 Å². The summed E-state index contributed by atoms with van der Waals surface area (Å²) in [5.74, 6) is 1.67. The Morgan fingerprint density at radius 3 is 2.94 bits per heavy atom. The number of nitrogens with two attached hydrogens (primary N) is 1. The Labute approximate surface area is 97.8 Å². The molecule has 1 saturated carbocycles. The third-order valence-electron chi connectivity index (χ3n) is 3.52. The first-order valence-electron chi connectivity index (χ1n) is 6.16. The summed E-state index contributed by atoms with van der Waals surface area (Å²) in [5.41, 5.74) is 7.57. The van der Waals surface area contributed by atoms with E-state index in [1.807, 2.05) is 19.1 Å². The summed E-state index contributed by atoms with van der Waals surface area (Å²) in [4.78, 5) is 0. The van der Waals surface area contributed by atoms with Crippen molar-refractivity contribution in [1.29, 1.82) is 0 Å². The molecular formula is C14H21NO. The van der Waals surface area contributed by atoms with Crippen molar-refractivity contribution in [2.45, 2.75) is 38.6 Å². The van der Waals surface area contributed by atoms with E-state index in [9.17, 15) is 0 Å². The molecule has 1 aromatic carbocycles. The molecular weight excluding hydrogens is 198 g/mol. The fraction of sp³-hybridized carbons (Fsp3) is 0.571. The van der Waals surface area contributed by atoms with Crippen LogP contribution in [-0.4, -0.2) is 6.61 Å². The lowest BCUT2D eigenvalue weighted by Gasteiger charge is -2.25. The third kappa shape index (κ3) is 2.22. The standard InChI is InChI=1S/C14H21NO/c1-3-16-13-6-4-5-12(9-13)14(15)8-7-11(2)10-14/h4-6,9,11H,3,7-8,10,15H2,1-2H3. The first-order valence-corrected chi connectivity index (χ1v) is 6.16. The molecule has 0 heterocycles. The van der Waals surface area contributed by atoms with Gasteiger partial charge in [-0.1, -0.05) is 19.1 Å². The third-order valence-corrected chi connectivity index (χ3v) is 3.52. The van der Waals surface area contributed by atoms with Gasteiger partial charge in [0, 0.05) is 5.54 Å². The summed E-state index contributed by atoms with van der Waals surface area (Å²) in [7, 11) is 0. The van der Waals surface area contributed by atoms with E-state index < -0.39 is 0 Å². The predicted octanol–water partition coefficient (Wildman–Crippen LogP) is 3.06. The van der Waals surface area contributed by atoms with Crippen LogP contribution in [0.25, 0.3) is 0 Å². The molecule has 0 aliphatic heterocycles. The maximum Gasteiger partial charge on any atom is 0.119 e. The molecule has 2 rings (SSSR count). The Balaban J connectivity index is 2.22. The van der Waals surface area contributed by atoms with Crippen LogP contribution in [0.5, 0.6) is 5.75 Å². The highest BCUT2D eigenvalue weighted by Crippen LogP contribution is 2.40. The predicted molar refractivity (Wildman–Crippen MR) is 66.5 cm³/mol. The lowest BCUT2D eigenvalue weighted by molar-refractivity contribution is 0.338. The van der Waals surface area contributed by atoms with Gasteiger partial charge >= 0.3 is 0 Å². The van der Waals surface area contributed by atoms with Crippen LogP contribution in [-0.2, 0) is 5.54 Å². The maximum absolute atomic E-state index is 6.48. The van der Waals surface area contributed by atoms with Crippen LogP contribution in [0.4, 0.5) is 0 Å². The average Bonchev–Trinajstić information content (AvgIpc) is 2.61. The topological polar surface area (TPSA) is 35.2 Å². The number of hydrogen-bond acceptors (Lipinski definition) is 2. The minimum absolute atomic E-state index is 0.132. The van der Waals surface area contributed by atoms with E-state index >= 15 is 0 Å². The molecule has 0 aromatic heterocycles. The molecule has 2 atom stereocenters. The zero-order valence-electron chi connectivity index (χ0n) is 10.2. The van der Waals surface area contributed by atoms with Gasteiger partial charge in [-0.3, -0.25) is 0 Å². The Bertz CT molecular complexity index is 364. The Hall–Kier alpha value is -1.02. The smallest absolute Gasteiger partial charge is 0.119 e. The van der Waals surface area contributed by atoms with Gasteiger partial charge in [0.2, 0.25) is 0 Å². The lowest BCUT2D eigenvalue weighted by atomic mass is 9.88. The second-order valence-corrected chi connectivity index (χ2v) is 4.96.